The number of nitrogens with two attached hydrogens (primary N) is 1. The molecular weight excluding hydrogens is 346 g/mol. The lowest BCUT2D eigenvalue weighted by Gasteiger charge is -2.10. The van der Waals surface area contributed by atoms with Gasteiger partial charge in [0.2, 0.25) is 10.0 Å². The molecule has 0 radical (unpaired) electrons. The van der Waals surface area contributed by atoms with Crippen LogP contribution in [0.15, 0.2) is 48.5 Å². The van der Waals surface area contributed by atoms with Gasteiger partial charge in [0.1, 0.15) is 0 Å². The molecule has 0 bridgehead atoms. The highest BCUT2D eigenvalue weighted by molar-refractivity contribution is 7.88. The molecule has 5 heteroatoms. The van der Waals surface area contributed by atoms with Crippen LogP contribution in [-0.4, -0.2) is 13.5 Å². The molecular formula is C21H23NO3S. The number of primary sulfonamides is 1. The highest BCUT2D eigenvalue weighted by Crippen LogP contribution is 2.63. The van der Waals surface area contributed by atoms with E-state index in [1.807, 2.05) is 36.4 Å². The summed E-state index contributed by atoms with van der Waals surface area (Å²) in [6, 6.07) is 15.9. The minimum Gasteiger partial charge on any atom is -0.392 e. The quantitative estimate of drug-likeness (QED) is 0.847. The minimum absolute atomic E-state index is 0.0572. The van der Waals surface area contributed by atoms with Gasteiger partial charge in [-0.15, -0.1) is 0 Å². The van der Waals surface area contributed by atoms with Crippen LogP contribution in [-0.2, 0) is 22.4 Å². The molecule has 2 aromatic carbocycles. The molecule has 0 aliphatic heterocycles. The SMILES string of the molecule is NS(=O)(=O)Cc1ccc(C2=C(c3ccc(CO)cc3)CC3(CC3)C2)cc1. The fourth-order valence-electron chi connectivity index (χ4n) is 3.95. The van der Waals surface area contributed by atoms with Gasteiger partial charge < -0.3 is 5.11 Å². The molecule has 2 aliphatic rings. The average molecular weight is 369 g/mol. The first-order valence-corrected chi connectivity index (χ1v) is 10.6. The lowest BCUT2D eigenvalue weighted by atomic mass is 9.96. The Labute approximate surface area is 154 Å². The summed E-state index contributed by atoms with van der Waals surface area (Å²) in [5.41, 5.74) is 7.18. The summed E-state index contributed by atoms with van der Waals surface area (Å²) in [5, 5.41) is 14.4. The maximum absolute atomic E-state index is 11.3. The molecule has 0 unspecified atom stereocenters. The molecule has 0 aromatic heterocycles. The van der Waals surface area contributed by atoms with Crippen molar-refractivity contribution in [3.8, 4) is 0 Å². The topological polar surface area (TPSA) is 80.4 Å². The summed E-state index contributed by atoms with van der Waals surface area (Å²) in [6.07, 6.45) is 4.73. The summed E-state index contributed by atoms with van der Waals surface area (Å²) in [7, 11) is -3.51. The lowest BCUT2D eigenvalue weighted by molar-refractivity contribution is 0.282. The number of hydrogen-bond acceptors (Lipinski definition) is 3. The third-order valence-corrected chi connectivity index (χ3v) is 6.32. The van der Waals surface area contributed by atoms with Gasteiger partial charge in [0.25, 0.3) is 0 Å². The van der Waals surface area contributed by atoms with Gasteiger partial charge in [0.15, 0.2) is 0 Å². The second-order valence-electron chi connectivity index (χ2n) is 7.67. The molecule has 4 rings (SSSR count). The second-order valence-corrected chi connectivity index (χ2v) is 9.28. The van der Waals surface area contributed by atoms with Crippen molar-refractivity contribution >= 4 is 21.2 Å². The molecule has 26 heavy (non-hydrogen) atoms. The number of rotatable bonds is 5. The standard InChI is InChI=1S/C21H23NO3S/c22-26(24,25)14-16-3-7-18(8-4-16)20-12-21(9-10-21)11-19(20)17-5-1-15(13-23)2-6-17/h1-8,23H,9-14H2,(H2,22,24,25). The average Bonchev–Trinajstić information content (AvgIpc) is 3.25. The predicted molar refractivity (Wildman–Crippen MR) is 103 cm³/mol. The first kappa shape index (κ1) is 17.5. The van der Waals surface area contributed by atoms with E-state index in [2.05, 4.69) is 12.1 Å². The van der Waals surface area contributed by atoms with Crippen molar-refractivity contribution < 1.29 is 13.5 Å². The highest BCUT2D eigenvalue weighted by Gasteiger charge is 2.48. The fourth-order valence-corrected chi connectivity index (χ4v) is 4.61. The second kappa shape index (κ2) is 6.34. The van der Waals surface area contributed by atoms with E-state index in [4.69, 9.17) is 5.14 Å². The van der Waals surface area contributed by atoms with Crippen molar-refractivity contribution in [2.24, 2.45) is 10.6 Å². The van der Waals surface area contributed by atoms with Gasteiger partial charge in [0.05, 0.1) is 12.4 Å². The third kappa shape index (κ3) is 3.61. The minimum atomic E-state index is -3.51. The largest absolute Gasteiger partial charge is 0.392 e. The van der Waals surface area contributed by atoms with Crippen molar-refractivity contribution in [2.75, 3.05) is 0 Å². The first-order valence-electron chi connectivity index (χ1n) is 8.90. The van der Waals surface area contributed by atoms with E-state index in [1.54, 1.807) is 0 Å². The molecule has 4 nitrogen and oxygen atoms in total. The highest BCUT2D eigenvalue weighted by atomic mass is 32.2. The number of sulfonamides is 1. The van der Waals surface area contributed by atoms with Crippen molar-refractivity contribution in [3.63, 3.8) is 0 Å². The van der Waals surface area contributed by atoms with Gasteiger partial charge in [-0.3, -0.25) is 0 Å². The molecule has 0 saturated heterocycles. The maximum Gasteiger partial charge on any atom is 0.213 e. The summed E-state index contributed by atoms with van der Waals surface area (Å²) in [5.74, 6) is -0.133. The summed E-state index contributed by atoms with van der Waals surface area (Å²) in [6.45, 7) is 0.0572. The zero-order valence-electron chi connectivity index (χ0n) is 14.6. The van der Waals surface area contributed by atoms with Gasteiger partial charge in [-0.05, 0) is 64.5 Å². The molecule has 1 spiro atoms. The van der Waals surface area contributed by atoms with E-state index in [0.717, 1.165) is 24.0 Å². The third-order valence-electron chi connectivity index (χ3n) is 5.58. The molecule has 136 valence electrons. The molecule has 3 N–H and O–H groups in total. The molecule has 0 atom stereocenters. The van der Waals surface area contributed by atoms with Crippen molar-refractivity contribution in [3.05, 3.63) is 70.8 Å². The van der Waals surface area contributed by atoms with Crippen LogP contribution in [0.25, 0.3) is 11.1 Å². The van der Waals surface area contributed by atoms with E-state index in [9.17, 15) is 13.5 Å². The predicted octanol–water partition coefficient (Wildman–Crippen LogP) is 3.45. The van der Waals surface area contributed by atoms with Gasteiger partial charge in [-0.2, -0.15) is 0 Å². The van der Waals surface area contributed by atoms with Crippen molar-refractivity contribution in [2.45, 2.75) is 38.0 Å². The molecule has 0 amide bonds. The van der Waals surface area contributed by atoms with Gasteiger partial charge >= 0.3 is 0 Å². The van der Waals surface area contributed by atoms with Gasteiger partial charge in [-0.1, -0.05) is 48.5 Å². The van der Waals surface area contributed by atoms with E-state index >= 15 is 0 Å². The Hall–Kier alpha value is -1.95. The number of aliphatic hydroxyl groups is 1. The van der Waals surface area contributed by atoms with Crippen LogP contribution in [0.4, 0.5) is 0 Å². The van der Waals surface area contributed by atoms with Crippen LogP contribution < -0.4 is 5.14 Å². The Kier molecular flexibility index (Phi) is 4.26. The molecule has 2 aromatic rings. The Balaban J connectivity index is 1.68. The van der Waals surface area contributed by atoms with Crippen LogP contribution in [0.5, 0.6) is 0 Å². The molecule has 1 fully saturated rings. The molecule has 0 heterocycles. The number of hydrogen-bond donors (Lipinski definition) is 2. The lowest BCUT2D eigenvalue weighted by Crippen LogP contribution is -2.14. The van der Waals surface area contributed by atoms with Crippen LogP contribution in [0.1, 0.15) is 47.9 Å². The number of aliphatic hydroxyl groups excluding tert-OH is 1. The van der Waals surface area contributed by atoms with Crippen LogP contribution in [0.3, 0.4) is 0 Å². The van der Waals surface area contributed by atoms with Crippen LogP contribution >= 0.6 is 0 Å². The fraction of sp³-hybridized carbons (Fsp3) is 0.333. The zero-order valence-corrected chi connectivity index (χ0v) is 15.4. The molecule has 1 saturated carbocycles. The Morgan fingerprint density at radius 3 is 1.69 bits per heavy atom. The number of benzene rings is 2. The smallest absolute Gasteiger partial charge is 0.213 e. The van der Waals surface area contributed by atoms with Crippen LogP contribution in [0, 0.1) is 5.41 Å². The van der Waals surface area contributed by atoms with Crippen LogP contribution in [0.2, 0.25) is 0 Å². The zero-order chi connectivity index (χ0) is 18.4. The monoisotopic (exact) mass is 369 g/mol. The molecule has 2 aliphatic carbocycles. The number of allylic oxidation sites excluding steroid dienone is 2. The first-order chi connectivity index (χ1) is 12.4. The Morgan fingerprint density at radius 1 is 0.846 bits per heavy atom. The van der Waals surface area contributed by atoms with Crippen molar-refractivity contribution in [1.82, 2.24) is 0 Å². The van der Waals surface area contributed by atoms with Crippen molar-refractivity contribution in [1.29, 1.82) is 0 Å². The van der Waals surface area contributed by atoms with Gasteiger partial charge in [0, 0.05) is 0 Å². The van der Waals surface area contributed by atoms with E-state index < -0.39 is 10.0 Å². The summed E-state index contributed by atoms with van der Waals surface area (Å²) in [4.78, 5) is 0. The Morgan fingerprint density at radius 2 is 1.31 bits per heavy atom. The normalized spacial score (nSPS) is 18.5. The van der Waals surface area contributed by atoms with E-state index in [0.29, 0.717) is 11.0 Å². The van der Waals surface area contributed by atoms with E-state index in [-0.39, 0.29) is 12.4 Å². The maximum atomic E-state index is 11.3. The van der Waals surface area contributed by atoms with Gasteiger partial charge in [-0.25, -0.2) is 13.6 Å². The van der Waals surface area contributed by atoms with E-state index in [1.165, 1.54) is 29.6 Å². The summed E-state index contributed by atoms with van der Waals surface area (Å²) >= 11 is 0. The Bertz CT molecular complexity index is 953. The summed E-state index contributed by atoms with van der Waals surface area (Å²) < 4.78 is 22.6.